The molecule has 1 aromatic rings. The van der Waals surface area contributed by atoms with Crippen molar-refractivity contribution in [2.45, 2.75) is 20.3 Å². The summed E-state index contributed by atoms with van der Waals surface area (Å²) in [6, 6.07) is 6.02. The second-order valence-corrected chi connectivity index (χ2v) is 6.19. The van der Waals surface area contributed by atoms with E-state index >= 15 is 0 Å². The molecular formula is C15H21NOS. The predicted octanol–water partition coefficient (Wildman–Crippen LogP) is 2.93. The van der Waals surface area contributed by atoms with Gasteiger partial charge in [-0.2, -0.15) is 11.8 Å². The quantitative estimate of drug-likeness (QED) is 0.782. The Hall–Kier alpha value is -0.800. The Kier molecular flexibility index (Phi) is 4.84. The Labute approximate surface area is 114 Å². The van der Waals surface area contributed by atoms with Gasteiger partial charge in [0, 0.05) is 17.9 Å². The fourth-order valence-electron chi connectivity index (χ4n) is 2.17. The third-order valence-corrected chi connectivity index (χ3v) is 4.56. The van der Waals surface area contributed by atoms with E-state index in [-0.39, 0.29) is 5.78 Å². The molecule has 0 aliphatic carbocycles. The number of Topliss-reactive ketones (excluding diaryl/α,β-unsaturated/α-hetero) is 1. The predicted molar refractivity (Wildman–Crippen MR) is 78.6 cm³/mol. The zero-order valence-corrected chi connectivity index (χ0v) is 12.1. The smallest absolute Gasteiger partial charge is 0.176 e. The van der Waals surface area contributed by atoms with Crippen molar-refractivity contribution in [1.82, 2.24) is 4.90 Å². The number of nitrogens with zero attached hydrogens (tertiary/aromatic N) is 1. The Balaban J connectivity index is 1.99. The van der Waals surface area contributed by atoms with E-state index < -0.39 is 0 Å². The van der Waals surface area contributed by atoms with Crippen LogP contribution in [-0.2, 0) is 0 Å². The molecule has 0 saturated carbocycles. The first-order valence-electron chi connectivity index (χ1n) is 6.57. The van der Waals surface area contributed by atoms with Crippen LogP contribution in [-0.4, -0.2) is 41.8 Å². The fourth-order valence-corrected chi connectivity index (χ4v) is 3.09. The molecule has 0 unspecified atom stereocenters. The topological polar surface area (TPSA) is 20.3 Å². The minimum atomic E-state index is 0.255. The first-order chi connectivity index (χ1) is 8.66. The average molecular weight is 263 g/mol. The maximum atomic E-state index is 12.2. The molecule has 1 heterocycles. The van der Waals surface area contributed by atoms with Crippen LogP contribution in [0.2, 0.25) is 0 Å². The molecule has 1 aromatic carbocycles. The molecule has 0 N–H and O–H groups in total. The highest BCUT2D eigenvalue weighted by atomic mass is 32.2. The van der Waals surface area contributed by atoms with Crippen molar-refractivity contribution in [2.24, 2.45) is 0 Å². The summed E-state index contributed by atoms with van der Waals surface area (Å²) < 4.78 is 0. The Morgan fingerprint density at radius 2 is 2.06 bits per heavy atom. The molecule has 98 valence electrons. The molecule has 1 aliphatic heterocycles. The second kappa shape index (κ2) is 6.39. The van der Waals surface area contributed by atoms with E-state index in [1.54, 1.807) is 0 Å². The highest BCUT2D eigenvalue weighted by molar-refractivity contribution is 7.99. The van der Waals surface area contributed by atoms with Crippen LogP contribution in [0.4, 0.5) is 0 Å². The fraction of sp³-hybridized carbons (Fsp3) is 0.533. The van der Waals surface area contributed by atoms with Gasteiger partial charge in [-0.15, -0.1) is 0 Å². The summed E-state index contributed by atoms with van der Waals surface area (Å²) in [4.78, 5) is 14.5. The maximum absolute atomic E-state index is 12.2. The largest absolute Gasteiger partial charge is 0.295 e. The van der Waals surface area contributed by atoms with Crippen molar-refractivity contribution in [3.05, 3.63) is 34.9 Å². The third kappa shape index (κ3) is 3.59. The van der Waals surface area contributed by atoms with Gasteiger partial charge >= 0.3 is 0 Å². The zero-order valence-electron chi connectivity index (χ0n) is 11.2. The number of aryl methyl sites for hydroxylation is 2. The molecule has 2 rings (SSSR count). The normalized spacial score (nSPS) is 17.4. The van der Waals surface area contributed by atoms with Gasteiger partial charge in [-0.05, 0) is 49.8 Å². The number of hydrogen-bond acceptors (Lipinski definition) is 3. The highest BCUT2D eigenvalue weighted by Crippen LogP contribution is 2.13. The van der Waals surface area contributed by atoms with E-state index in [9.17, 15) is 4.79 Å². The van der Waals surface area contributed by atoms with Gasteiger partial charge < -0.3 is 0 Å². The van der Waals surface area contributed by atoms with E-state index in [0.717, 1.165) is 24.4 Å². The van der Waals surface area contributed by atoms with Crippen LogP contribution in [0.1, 0.15) is 27.9 Å². The van der Waals surface area contributed by atoms with E-state index in [4.69, 9.17) is 0 Å². The van der Waals surface area contributed by atoms with Crippen LogP contribution in [0.5, 0.6) is 0 Å². The number of rotatable bonds is 3. The second-order valence-electron chi connectivity index (χ2n) is 4.96. The summed E-state index contributed by atoms with van der Waals surface area (Å²) >= 11 is 1.99. The van der Waals surface area contributed by atoms with Gasteiger partial charge in [-0.1, -0.05) is 12.1 Å². The molecule has 0 spiro atoms. The molecular weight excluding hydrogens is 242 g/mol. The number of ketones is 1. The first-order valence-corrected chi connectivity index (χ1v) is 7.73. The monoisotopic (exact) mass is 263 g/mol. The van der Waals surface area contributed by atoms with E-state index in [0.29, 0.717) is 6.54 Å². The molecule has 0 atom stereocenters. The van der Waals surface area contributed by atoms with Crippen molar-refractivity contribution >= 4 is 17.5 Å². The van der Waals surface area contributed by atoms with Crippen molar-refractivity contribution in [2.75, 3.05) is 31.1 Å². The molecule has 1 fully saturated rings. The van der Waals surface area contributed by atoms with Crippen LogP contribution in [0.3, 0.4) is 0 Å². The lowest BCUT2D eigenvalue weighted by Crippen LogP contribution is -2.31. The van der Waals surface area contributed by atoms with Crippen molar-refractivity contribution in [1.29, 1.82) is 0 Å². The summed E-state index contributed by atoms with van der Waals surface area (Å²) in [6.07, 6.45) is 1.20. The summed E-state index contributed by atoms with van der Waals surface area (Å²) in [7, 11) is 0. The van der Waals surface area contributed by atoms with Gasteiger partial charge in [-0.3, -0.25) is 9.69 Å². The Morgan fingerprint density at radius 3 is 2.83 bits per heavy atom. The zero-order chi connectivity index (χ0) is 13.0. The van der Waals surface area contributed by atoms with Crippen LogP contribution in [0.15, 0.2) is 18.2 Å². The van der Waals surface area contributed by atoms with Gasteiger partial charge in [0.15, 0.2) is 5.78 Å². The van der Waals surface area contributed by atoms with Crippen LogP contribution < -0.4 is 0 Å². The number of carbonyl (C=O) groups excluding carboxylic acids is 1. The summed E-state index contributed by atoms with van der Waals surface area (Å²) in [6.45, 7) is 6.82. The number of benzene rings is 1. The van der Waals surface area contributed by atoms with E-state index in [2.05, 4.69) is 18.7 Å². The molecule has 0 aromatic heterocycles. The minimum Gasteiger partial charge on any atom is -0.295 e. The average Bonchev–Trinajstić information content (AvgIpc) is 2.61. The molecule has 0 radical (unpaired) electrons. The van der Waals surface area contributed by atoms with Crippen LogP contribution in [0.25, 0.3) is 0 Å². The Bertz CT molecular complexity index is 423. The van der Waals surface area contributed by atoms with E-state index in [1.807, 2.05) is 30.0 Å². The van der Waals surface area contributed by atoms with E-state index in [1.165, 1.54) is 23.3 Å². The van der Waals surface area contributed by atoms with Gasteiger partial charge in [0.05, 0.1) is 6.54 Å². The summed E-state index contributed by atoms with van der Waals surface area (Å²) in [5.41, 5.74) is 3.31. The molecule has 0 amide bonds. The highest BCUT2D eigenvalue weighted by Gasteiger charge is 2.14. The van der Waals surface area contributed by atoms with Gasteiger partial charge in [-0.25, -0.2) is 0 Å². The number of hydrogen-bond donors (Lipinski definition) is 0. The number of thioether (sulfide) groups is 1. The van der Waals surface area contributed by atoms with Crippen LogP contribution >= 0.6 is 11.8 Å². The Morgan fingerprint density at radius 1 is 1.22 bits per heavy atom. The minimum absolute atomic E-state index is 0.255. The third-order valence-electron chi connectivity index (χ3n) is 3.51. The lowest BCUT2D eigenvalue weighted by molar-refractivity contribution is 0.0936. The molecule has 3 heteroatoms. The molecule has 18 heavy (non-hydrogen) atoms. The SMILES string of the molecule is Cc1ccc(C(=O)CN2CCCSCC2)cc1C. The molecule has 1 aliphatic rings. The van der Waals surface area contributed by atoms with Gasteiger partial charge in [0.1, 0.15) is 0 Å². The van der Waals surface area contributed by atoms with Gasteiger partial charge in [0.25, 0.3) is 0 Å². The summed E-state index contributed by atoms with van der Waals surface area (Å²) in [5, 5.41) is 0. The van der Waals surface area contributed by atoms with Crippen molar-refractivity contribution < 1.29 is 4.79 Å². The van der Waals surface area contributed by atoms with Crippen LogP contribution in [0, 0.1) is 13.8 Å². The lowest BCUT2D eigenvalue weighted by atomic mass is 10.0. The summed E-state index contributed by atoms with van der Waals surface area (Å²) in [5.74, 6) is 2.64. The maximum Gasteiger partial charge on any atom is 0.176 e. The molecule has 2 nitrogen and oxygen atoms in total. The van der Waals surface area contributed by atoms with Gasteiger partial charge in [0.2, 0.25) is 0 Å². The molecule has 1 saturated heterocycles. The first kappa shape index (κ1) is 13.6. The molecule has 0 bridgehead atoms. The standard InChI is InChI=1S/C15H21NOS/c1-12-4-5-14(10-13(12)2)15(17)11-16-6-3-8-18-9-7-16/h4-5,10H,3,6-9,11H2,1-2H3. The lowest BCUT2D eigenvalue weighted by Gasteiger charge is -2.18. The van der Waals surface area contributed by atoms with Crippen molar-refractivity contribution in [3.63, 3.8) is 0 Å². The number of carbonyl (C=O) groups is 1. The van der Waals surface area contributed by atoms with Crippen molar-refractivity contribution in [3.8, 4) is 0 Å².